The van der Waals surface area contributed by atoms with Crippen molar-refractivity contribution in [3.8, 4) is 5.75 Å². The van der Waals surface area contributed by atoms with Crippen molar-refractivity contribution in [3.63, 3.8) is 0 Å². The van der Waals surface area contributed by atoms with Gasteiger partial charge in [-0.3, -0.25) is 0 Å². The molecule has 0 aliphatic heterocycles. The fourth-order valence-corrected chi connectivity index (χ4v) is 5.20. The molecule has 5 heteroatoms. The molecule has 0 saturated heterocycles. The summed E-state index contributed by atoms with van der Waals surface area (Å²) in [5, 5.41) is 0. The van der Waals surface area contributed by atoms with E-state index < -0.39 is 6.36 Å². The Kier molecular flexibility index (Phi) is 5.83. The van der Waals surface area contributed by atoms with E-state index in [1.54, 1.807) is 12.1 Å². The molecule has 0 aromatic heterocycles. The van der Waals surface area contributed by atoms with E-state index in [9.17, 15) is 13.2 Å². The summed E-state index contributed by atoms with van der Waals surface area (Å²) in [6.07, 6.45) is 7.71. The number of rotatable bonds is 4. The maximum atomic E-state index is 12.4. The average molecular weight is 393 g/mol. The normalized spacial score (nSPS) is 29.5. The molecule has 0 amide bonds. The van der Waals surface area contributed by atoms with E-state index in [-0.39, 0.29) is 11.8 Å². The van der Waals surface area contributed by atoms with Crippen LogP contribution in [-0.2, 0) is 0 Å². The van der Waals surface area contributed by atoms with Crippen LogP contribution in [0.25, 0.3) is 0 Å². The number of hydrogen-bond donors (Lipinski definition) is 0. The number of benzene rings is 1. The minimum absolute atomic E-state index is 0.186. The molecule has 4 atom stereocenters. The largest absolute Gasteiger partial charge is 0.573 e. The number of nitrogens with zero attached hydrogens (tertiary/aromatic N) is 1. The van der Waals surface area contributed by atoms with E-state index in [0.29, 0.717) is 23.2 Å². The van der Waals surface area contributed by atoms with Crippen LogP contribution < -0.4 is 9.64 Å². The summed E-state index contributed by atoms with van der Waals surface area (Å²) < 4.78 is 41.2. The van der Waals surface area contributed by atoms with Gasteiger partial charge in [-0.05, 0) is 60.8 Å². The van der Waals surface area contributed by atoms with Crippen molar-refractivity contribution >= 4 is 5.69 Å². The monoisotopic (exact) mass is 393 g/mol. The highest BCUT2D eigenvalue weighted by Crippen LogP contribution is 2.46. The molecule has 2 unspecified atom stereocenters. The van der Waals surface area contributed by atoms with E-state index in [0.717, 1.165) is 5.69 Å². The van der Waals surface area contributed by atoms with Gasteiger partial charge in [0.05, 0.1) is 6.04 Å². The van der Waals surface area contributed by atoms with Crippen LogP contribution in [0.1, 0.15) is 40.0 Å². The Labute approximate surface area is 166 Å². The summed E-state index contributed by atoms with van der Waals surface area (Å²) in [5.74, 6) is 1.50. The molecule has 28 heavy (non-hydrogen) atoms. The molecule has 2 aliphatic carbocycles. The van der Waals surface area contributed by atoms with Crippen molar-refractivity contribution in [1.82, 2.24) is 0 Å². The van der Waals surface area contributed by atoms with Crippen molar-refractivity contribution in [3.05, 3.63) is 48.6 Å². The lowest BCUT2D eigenvalue weighted by Gasteiger charge is -2.45. The van der Waals surface area contributed by atoms with Gasteiger partial charge in [0.1, 0.15) is 5.75 Å². The molecule has 1 aromatic rings. The Morgan fingerprint density at radius 2 is 1.68 bits per heavy atom. The van der Waals surface area contributed by atoms with Crippen LogP contribution in [0.3, 0.4) is 0 Å². The highest BCUT2D eigenvalue weighted by molar-refractivity contribution is 5.51. The van der Waals surface area contributed by atoms with Gasteiger partial charge in [-0.25, -0.2) is 0 Å². The second kappa shape index (κ2) is 7.84. The molecule has 154 valence electrons. The van der Waals surface area contributed by atoms with Gasteiger partial charge in [-0.2, -0.15) is 0 Å². The van der Waals surface area contributed by atoms with E-state index in [1.165, 1.54) is 31.4 Å². The maximum Gasteiger partial charge on any atom is 0.573 e. The topological polar surface area (TPSA) is 12.5 Å². The molecule has 3 rings (SSSR count). The molecule has 0 heterocycles. The number of allylic oxidation sites excluding steroid dienone is 2. The molecule has 0 bridgehead atoms. The minimum atomic E-state index is -4.67. The quantitative estimate of drug-likeness (QED) is 0.572. The molecule has 1 aromatic carbocycles. The van der Waals surface area contributed by atoms with Crippen LogP contribution in [-0.4, -0.2) is 19.5 Å². The molecule has 2 aliphatic rings. The summed E-state index contributed by atoms with van der Waals surface area (Å²) in [6, 6.07) is 6.32. The van der Waals surface area contributed by atoms with Crippen LogP contribution in [0, 0.1) is 23.2 Å². The van der Waals surface area contributed by atoms with Crippen molar-refractivity contribution < 1.29 is 17.9 Å². The molecular weight excluding hydrogens is 363 g/mol. The van der Waals surface area contributed by atoms with E-state index in [2.05, 4.69) is 54.7 Å². The summed E-state index contributed by atoms with van der Waals surface area (Å²) >= 11 is 0. The Balaban J connectivity index is 1.77. The standard InChI is InChI=1S/C23H30F3NO/c1-16-13-17(15-22(2,3)14-16)20-7-5-6-8-21(20)27(4)18-9-11-19(12-10-18)28-23(24,25)26/h5-12,16-17,20-21H,13-15H2,1-4H3/t16-,17-,20?,21?/m0/s1. The average Bonchev–Trinajstić information content (AvgIpc) is 2.59. The van der Waals surface area contributed by atoms with Gasteiger partial charge in [-0.15, -0.1) is 13.2 Å². The van der Waals surface area contributed by atoms with Gasteiger partial charge >= 0.3 is 6.36 Å². The predicted octanol–water partition coefficient (Wildman–Crippen LogP) is 6.59. The third kappa shape index (κ3) is 5.12. The SMILES string of the molecule is C[C@H]1C[C@H](C2C=CC=CC2N(C)c2ccc(OC(F)(F)F)cc2)CC(C)(C)C1. The number of ether oxygens (including phenoxy) is 1. The molecular formula is C23H30F3NO. The van der Waals surface area contributed by atoms with Crippen LogP contribution in [0.4, 0.5) is 18.9 Å². The zero-order valence-corrected chi connectivity index (χ0v) is 17.0. The first-order valence-corrected chi connectivity index (χ1v) is 9.98. The highest BCUT2D eigenvalue weighted by atomic mass is 19.4. The van der Waals surface area contributed by atoms with Gasteiger partial charge in [0, 0.05) is 18.7 Å². The molecule has 0 N–H and O–H groups in total. The Bertz CT molecular complexity index is 720. The van der Waals surface area contributed by atoms with Crippen molar-refractivity contribution in [2.75, 3.05) is 11.9 Å². The molecule has 2 nitrogen and oxygen atoms in total. The lowest BCUT2D eigenvalue weighted by molar-refractivity contribution is -0.274. The fraction of sp³-hybridized carbons (Fsp3) is 0.565. The molecule has 1 saturated carbocycles. The number of anilines is 1. The Hall–Kier alpha value is -1.91. The van der Waals surface area contributed by atoms with Crippen LogP contribution in [0.5, 0.6) is 5.75 Å². The van der Waals surface area contributed by atoms with Crippen LogP contribution in [0.15, 0.2) is 48.6 Å². The second-order valence-electron chi connectivity index (χ2n) is 9.16. The zero-order valence-electron chi connectivity index (χ0n) is 17.0. The summed E-state index contributed by atoms with van der Waals surface area (Å²) in [4.78, 5) is 2.16. The molecule has 1 fully saturated rings. The summed E-state index contributed by atoms with van der Waals surface area (Å²) in [7, 11) is 2.01. The number of likely N-dealkylation sites (N-methyl/N-ethyl adjacent to an activating group) is 1. The highest BCUT2D eigenvalue weighted by Gasteiger charge is 2.39. The van der Waals surface area contributed by atoms with Crippen molar-refractivity contribution in [2.45, 2.75) is 52.4 Å². The minimum Gasteiger partial charge on any atom is -0.406 e. The number of halogens is 3. The van der Waals surface area contributed by atoms with Gasteiger partial charge in [-0.1, -0.05) is 45.1 Å². The molecule has 0 spiro atoms. The second-order valence-corrected chi connectivity index (χ2v) is 9.16. The lowest BCUT2D eigenvalue weighted by Crippen LogP contribution is -2.43. The van der Waals surface area contributed by atoms with Gasteiger partial charge in [0.25, 0.3) is 0 Å². The first kappa shape index (κ1) is 20.8. The smallest absolute Gasteiger partial charge is 0.406 e. The third-order valence-corrected chi connectivity index (χ3v) is 6.04. The lowest BCUT2D eigenvalue weighted by atomic mass is 9.63. The first-order chi connectivity index (χ1) is 13.0. The Morgan fingerprint density at radius 3 is 2.29 bits per heavy atom. The summed E-state index contributed by atoms with van der Waals surface area (Å²) in [6.45, 7) is 7.06. The first-order valence-electron chi connectivity index (χ1n) is 9.98. The third-order valence-electron chi connectivity index (χ3n) is 6.04. The Morgan fingerprint density at radius 1 is 1.04 bits per heavy atom. The van der Waals surface area contributed by atoms with E-state index in [4.69, 9.17) is 0 Å². The maximum absolute atomic E-state index is 12.4. The summed E-state index contributed by atoms with van der Waals surface area (Å²) in [5.41, 5.74) is 1.23. The van der Waals surface area contributed by atoms with E-state index >= 15 is 0 Å². The number of alkyl halides is 3. The van der Waals surface area contributed by atoms with Gasteiger partial charge in [0.2, 0.25) is 0 Å². The van der Waals surface area contributed by atoms with Gasteiger partial charge < -0.3 is 9.64 Å². The zero-order chi connectivity index (χ0) is 20.5. The fourth-order valence-electron chi connectivity index (χ4n) is 5.20. The predicted molar refractivity (Wildman–Crippen MR) is 107 cm³/mol. The number of hydrogen-bond acceptors (Lipinski definition) is 2. The van der Waals surface area contributed by atoms with E-state index in [1.807, 2.05) is 7.05 Å². The van der Waals surface area contributed by atoms with Crippen LogP contribution >= 0.6 is 0 Å². The van der Waals surface area contributed by atoms with Gasteiger partial charge in [0.15, 0.2) is 0 Å². The van der Waals surface area contributed by atoms with Crippen molar-refractivity contribution in [2.24, 2.45) is 23.2 Å². The van der Waals surface area contributed by atoms with Crippen molar-refractivity contribution in [1.29, 1.82) is 0 Å². The molecule has 0 radical (unpaired) electrons. The van der Waals surface area contributed by atoms with Crippen LogP contribution in [0.2, 0.25) is 0 Å².